The SMILES string of the molecule is O=C1CN(C2CC2c2ccccc2)C(=O)C(C2CC2)N1. The van der Waals surface area contributed by atoms with Crippen LogP contribution in [0.2, 0.25) is 0 Å². The van der Waals surface area contributed by atoms with E-state index in [1.54, 1.807) is 0 Å². The standard InChI is InChI=1S/C16H18N2O2/c19-14-9-18(16(20)15(17-14)11-6-7-11)13-8-12(13)10-4-2-1-3-5-10/h1-5,11-13,15H,6-9H2,(H,17,19). The molecule has 0 bridgehead atoms. The minimum Gasteiger partial charge on any atom is -0.342 e. The number of rotatable bonds is 3. The summed E-state index contributed by atoms with van der Waals surface area (Å²) in [6.07, 6.45) is 3.12. The predicted octanol–water partition coefficient (Wildman–Crippen LogP) is 1.28. The van der Waals surface area contributed by atoms with Gasteiger partial charge in [0.1, 0.15) is 6.04 Å². The third-order valence-corrected chi connectivity index (χ3v) is 4.66. The lowest BCUT2D eigenvalue weighted by Crippen LogP contribution is -2.59. The summed E-state index contributed by atoms with van der Waals surface area (Å²) in [6.45, 7) is 0.232. The zero-order valence-corrected chi connectivity index (χ0v) is 11.3. The molecule has 1 aromatic rings. The molecule has 4 nitrogen and oxygen atoms in total. The summed E-state index contributed by atoms with van der Waals surface area (Å²) in [5.41, 5.74) is 1.28. The van der Waals surface area contributed by atoms with Crippen LogP contribution in [0.5, 0.6) is 0 Å². The Bertz CT molecular complexity index is 553. The first-order valence-corrected chi connectivity index (χ1v) is 7.39. The average Bonchev–Trinajstić information content (AvgIpc) is 3.35. The molecule has 3 aliphatic rings. The van der Waals surface area contributed by atoms with Gasteiger partial charge in [-0.3, -0.25) is 9.59 Å². The minimum atomic E-state index is -0.256. The highest BCUT2D eigenvalue weighted by Crippen LogP contribution is 2.46. The number of benzene rings is 1. The molecule has 1 aromatic carbocycles. The summed E-state index contributed by atoms with van der Waals surface area (Å²) >= 11 is 0. The van der Waals surface area contributed by atoms with Crippen molar-refractivity contribution >= 4 is 11.8 Å². The Morgan fingerprint density at radius 3 is 2.55 bits per heavy atom. The highest BCUT2D eigenvalue weighted by Gasteiger charge is 2.51. The van der Waals surface area contributed by atoms with Crippen molar-refractivity contribution in [3.63, 3.8) is 0 Å². The van der Waals surface area contributed by atoms with E-state index >= 15 is 0 Å². The first-order chi connectivity index (χ1) is 9.74. The van der Waals surface area contributed by atoms with Gasteiger partial charge >= 0.3 is 0 Å². The zero-order valence-electron chi connectivity index (χ0n) is 11.3. The minimum absolute atomic E-state index is 0.000196. The van der Waals surface area contributed by atoms with Gasteiger partial charge in [-0.25, -0.2) is 0 Å². The fraction of sp³-hybridized carbons (Fsp3) is 0.500. The Morgan fingerprint density at radius 2 is 1.85 bits per heavy atom. The smallest absolute Gasteiger partial charge is 0.246 e. The Hall–Kier alpha value is -1.84. The second-order valence-electron chi connectivity index (χ2n) is 6.17. The van der Waals surface area contributed by atoms with Crippen molar-refractivity contribution in [1.82, 2.24) is 10.2 Å². The predicted molar refractivity (Wildman–Crippen MR) is 74.0 cm³/mol. The number of hydrogen-bond donors (Lipinski definition) is 1. The lowest BCUT2D eigenvalue weighted by Gasteiger charge is -2.33. The molecular weight excluding hydrogens is 252 g/mol. The van der Waals surface area contributed by atoms with E-state index < -0.39 is 0 Å². The summed E-state index contributed by atoms with van der Waals surface area (Å²) in [5, 5.41) is 2.87. The molecular formula is C16H18N2O2. The van der Waals surface area contributed by atoms with E-state index in [2.05, 4.69) is 17.4 Å². The average molecular weight is 270 g/mol. The van der Waals surface area contributed by atoms with Crippen molar-refractivity contribution in [2.24, 2.45) is 5.92 Å². The lowest BCUT2D eigenvalue weighted by molar-refractivity contribution is -0.145. The number of piperazine rings is 1. The Kier molecular flexibility index (Phi) is 2.59. The summed E-state index contributed by atoms with van der Waals surface area (Å²) in [6, 6.07) is 10.2. The molecule has 0 spiro atoms. The van der Waals surface area contributed by atoms with Gasteiger partial charge in [0.2, 0.25) is 11.8 Å². The highest BCUT2D eigenvalue weighted by atomic mass is 16.2. The van der Waals surface area contributed by atoms with Gasteiger partial charge < -0.3 is 10.2 Å². The molecule has 4 heteroatoms. The van der Waals surface area contributed by atoms with Crippen LogP contribution in [0.4, 0.5) is 0 Å². The quantitative estimate of drug-likeness (QED) is 0.899. The van der Waals surface area contributed by atoms with Crippen molar-refractivity contribution in [3.05, 3.63) is 35.9 Å². The first kappa shape index (κ1) is 11.9. The molecule has 20 heavy (non-hydrogen) atoms. The number of nitrogens with zero attached hydrogens (tertiary/aromatic N) is 1. The molecule has 1 heterocycles. The topological polar surface area (TPSA) is 49.4 Å². The van der Waals surface area contributed by atoms with Crippen molar-refractivity contribution < 1.29 is 9.59 Å². The normalized spacial score (nSPS) is 33.0. The largest absolute Gasteiger partial charge is 0.342 e. The highest BCUT2D eigenvalue weighted by molar-refractivity contribution is 5.95. The maximum Gasteiger partial charge on any atom is 0.246 e. The molecule has 3 unspecified atom stereocenters. The zero-order chi connectivity index (χ0) is 13.7. The number of hydrogen-bond acceptors (Lipinski definition) is 2. The van der Waals surface area contributed by atoms with Crippen LogP contribution in [-0.2, 0) is 9.59 Å². The molecule has 4 rings (SSSR count). The molecule has 2 aliphatic carbocycles. The number of carbonyl (C=O) groups excluding carboxylic acids is 2. The van der Waals surface area contributed by atoms with E-state index in [1.165, 1.54) is 5.56 Å². The van der Waals surface area contributed by atoms with E-state index in [0.29, 0.717) is 11.8 Å². The Morgan fingerprint density at radius 1 is 1.10 bits per heavy atom. The monoisotopic (exact) mass is 270 g/mol. The van der Waals surface area contributed by atoms with Crippen molar-refractivity contribution in [2.45, 2.75) is 37.3 Å². The van der Waals surface area contributed by atoms with E-state index in [0.717, 1.165) is 19.3 Å². The van der Waals surface area contributed by atoms with Crippen molar-refractivity contribution in [1.29, 1.82) is 0 Å². The van der Waals surface area contributed by atoms with Crippen LogP contribution < -0.4 is 5.32 Å². The molecule has 1 saturated heterocycles. The lowest BCUT2D eigenvalue weighted by atomic mass is 10.1. The number of nitrogens with one attached hydrogen (secondary N) is 1. The van der Waals surface area contributed by atoms with E-state index in [1.807, 2.05) is 23.1 Å². The van der Waals surface area contributed by atoms with Crippen molar-refractivity contribution in [2.75, 3.05) is 6.54 Å². The summed E-state index contributed by atoms with van der Waals surface area (Å²) in [7, 11) is 0. The molecule has 0 aromatic heterocycles. The van der Waals surface area contributed by atoms with Crippen LogP contribution >= 0.6 is 0 Å². The first-order valence-electron chi connectivity index (χ1n) is 7.39. The van der Waals surface area contributed by atoms with Crippen LogP contribution in [0.1, 0.15) is 30.7 Å². The van der Waals surface area contributed by atoms with Gasteiger partial charge in [0, 0.05) is 12.0 Å². The maximum atomic E-state index is 12.5. The van der Waals surface area contributed by atoms with Gasteiger partial charge in [-0.1, -0.05) is 30.3 Å². The summed E-state index contributed by atoms with van der Waals surface area (Å²) in [5.74, 6) is 0.921. The van der Waals surface area contributed by atoms with Crippen LogP contribution in [0.3, 0.4) is 0 Å². The molecule has 104 valence electrons. The van der Waals surface area contributed by atoms with Gasteiger partial charge in [-0.05, 0) is 30.7 Å². The molecule has 1 N–H and O–H groups in total. The van der Waals surface area contributed by atoms with Gasteiger partial charge in [-0.2, -0.15) is 0 Å². The molecule has 0 radical (unpaired) electrons. The van der Waals surface area contributed by atoms with Gasteiger partial charge in [0.05, 0.1) is 6.54 Å². The van der Waals surface area contributed by atoms with Crippen LogP contribution in [0, 0.1) is 5.92 Å². The van der Waals surface area contributed by atoms with Crippen LogP contribution in [0.15, 0.2) is 30.3 Å². The van der Waals surface area contributed by atoms with Gasteiger partial charge in [-0.15, -0.1) is 0 Å². The molecule has 3 atom stereocenters. The van der Waals surface area contributed by atoms with E-state index in [4.69, 9.17) is 0 Å². The van der Waals surface area contributed by atoms with Gasteiger partial charge in [0.15, 0.2) is 0 Å². The second-order valence-corrected chi connectivity index (χ2v) is 6.17. The van der Waals surface area contributed by atoms with E-state index in [9.17, 15) is 9.59 Å². The van der Waals surface area contributed by atoms with Crippen molar-refractivity contribution in [3.8, 4) is 0 Å². The van der Waals surface area contributed by atoms with E-state index in [-0.39, 0.29) is 30.4 Å². The third kappa shape index (κ3) is 1.99. The Balaban J connectivity index is 1.51. The molecule has 2 amide bonds. The maximum absolute atomic E-state index is 12.5. The second kappa shape index (κ2) is 4.33. The number of amides is 2. The molecule has 1 aliphatic heterocycles. The summed E-state index contributed by atoms with van der Waals surface area (Å²) < 4.78 is 0. The molecule has 2 saturated carbocycles. The number of carbonyl (C=O) groups is 2. The summed E-state index contributed by atoms with van der Waals surface area (Å²) in [4.78, 5) is 26.2. The van der Waals surface area contributed by atoms with Crippen LogP contribution in [-0.4, -0.2) is 35.3 Å². The van der Waals surface area contributed by atoms with Gasteiger partial charge in [0.25, 0.3) is 0 Å². The third-order valence-electron chi connectivity index (χ3n) is 4.66. The molecule has 3 fully saturated rings. The fourth-order valence-electron chi connectivity index (χ4n) is 3.31. The fourth-order valence-corrected chi connectivity index (χ4v) is 3.31. The van der Waals surface area contributed by atoms with Crippen LogP contribution in [0.25, 0.3) is 0 Å². The Labute approximate surface area is 118 Å².